The first-order valence-electron chi connectivity index (χ1n) is 4.09. The van der Waals surface area contributed by atoms with Crippen molar-refractivity contribution in [3.8, 4) is 0 Å². The molecule has 0 aliphatic heterocycles. The first-order valence-corrected chi connectivity index (χ1v) is 4.09. The number of hydrogen-bond donors (Lipinski definition) is 2. The second-order valence-electron chi connectivity index (χ2n) is 2.76. The van der Waals surface area contributed by atoms with Crippen molar-refractivity contribution in [3.63, 3.8) is 0 Å². The summed E-state index contributed by atoms with van der Waals surface area (Å²) in [6, 6.07) is 2.69. The van der Waals surface area contributed by atoms with Crippen molar-refractivity contribution in [2.45, 2.75) is 6.04 Å². The SMILES string of the molecule is COC(=O)c1ccc([C@@H](N)CO)cn1. The van der Waals surface area contributed by atoms with E-state index in [1.165, 1.54) is 19.4 Å². The Bertz CT molecular complexity index is 310. The minimum atomic E-state index is -0.492. The molecule has 1 aromatic heterocycles. The maximum absolute atomic E-state index is 11.0. The largest absolute Gasteiger partial charge is 0.464 e. The lowest BCUT2D eigenvalue weighted by Crippen LogP contribution is -2.15. The van der Waals surface area contributed by atoms with E-state index in [9.17, 15) is 4.79 Å². The molecular weight excluding hydrogens is 184 g/mol. The summed E-state index contributed by atoms with van der Waals surface area (Å²) in [4.78, 5) is 14.9. The van der Waals surface area contributed by atoms with Crippen molar-refractivity contribution in [2.24, 2.45) is 5.73 Å². The standard InChI is InChI=1S/C9H12N2O3/c1-14-9(13)8-3-2-6(4-11-8)7(10)5-12/h2-4,7,12H,5,10H2,1H3/t7-/m0/s1. The fraction of sp³-hybridized carbons (Fsp3) is 0.333. The van der Waals surface area contributed by atoms with E-state index in [0.717, 1.165) is 0 Å². The van der Waals surface area contributed by atoms with Gasteiger partial charge in [0.2, 0.25) is 0 Å². The second-order valence-corrected chi connectivity index (χ2v) is 2.76. The third kappa shape index (κ3) is 2.27. The molecule has 5 heteroatoms. The molecule has 0 fully saturated rings. The van der Waals surface area contributed by atoms with Crippen LogP contribution in [0, 0.1) is 0 Å². The topological polar surface area (TPSA) is 85.4 Å². The molecule has 1 atom stereocenters. The van der Waals surface area contributed by atoms with Crippen LogP contribution in [0.1, 0.15) is 22.1 Å². The third-order valence-electron chi connectivity index (χ3n) is 1.81. The highest BCUT2D eigenvalue weighted by Crippen LogP contribution is 2.08. The van der Waals surface area contributed by atoms with E-state index in [0.29, 0.717) is 5.56 Å². The molecule has 0 saturated heterocycles. The number of aliphatic hydroxyl groups excluding tert-OH is 1. The van der Waals surface area contributed by atoms with Crippen LogP contribution in [0.3, 0.4) is 0 Å². The Morgan fingerprint density at radius 1 is 1.71 bits per heavy atom. The molecule has 1 heterocycles. The minimum absolute atomic E-state index is 0.154. The lowest BCUT2D eigenvalue weighted by Gasteiger charge is -2.07. The molecule has 3 N–H and O–H groups in total. The normalized spacial score (nSPS) is 12.2. The molecule has 0 saturated carbocycles. The second kappa shape index (κ2) is 4.69. The van der Waals surface area contributed by atoms with Crippen LogP contribution >= 0.6 is 0 Å². The molecule has 0 bridgehead atoms. The van der Waals surface area contributed by atoms with Gasteiger partial charge in [-0.15, -0.1) is 0 Å². The van der Waals surface area contributed by atoms with Gasteiger partial charge in [0, 0.05) is 6.20 Å². The summed E-state index contributed by atoms with van der Waals surface area (Å²) in [6.45, 7) is -0.154. The number of hydrogen-bond acceptors (Lipinski definition) is 5. The number of nitrogens with two attached hydrogens (primary N) is 1. The number of ether oxygens (including phenoxy) is 1. The molecular formula is C9H12N2O3. The Kier molecular flexibility index (Phi) is 3.55. The zero-order valence-corrected chi connectivity index (χ0v) is 7.80. The van der Waals surface area contributed by atoms with E-state index < -0.39 is 12.0 Å². The molecule has 0 aromatic carbocycles. The van der Waals surface area contributed by atoms with E-state index >= 15 is 0 Å². The Labute approximate surface area is 81.5 Å². The van der Waals surface area contributed by atoms with Crippen molar-refractivity contribution in [2.75, 3.05) is 13.7 Å². The van der Waals surface area contributed by atoms with Crippen LogP contribution in [0.2, 0.25) is 0 Å². The third-order valence-corrected chi connectivity index (χ3v) is 1.81. The minimum Gasteiger partial charge on any atom is -0.464 e. The lowest BCUT2D eigenvalue weighted by molar-refractivity contribution is 0.0594. The van der Waals surface area contributed by atoms with Gasteiger partial charge in [-0.2, -0.15) is 0 Å². The quantitative estimate of drug-likeness (QED) is 0.657. The number of aromatic nitrogens is 1. The van der Waals surface area contributed by atoms with Gasteiger partial charge in [-0.05, 0) is 11.6 Å². The monoisotopic (exact) mass is 196 g/mol. The Morgan fingerprint density at radius 3 is 2.86 bits per heavy atom. The molecule has 5 nitrogen and oxygen atoms in total. The van der Waals surface area contributed by atoms with Gasteiger partial charge < -0.3 is 15.6 Å². The molecule has 14 heavy (non-hydrogen) atoms. The Balaban J connectivity index is 2.83. The molecule has 0 amide bonds. The van der Waals surface area contributed by atoms with Crippen LogP contribution in [0.15, 0.2) is 18.3 Å². The van der Waals surface area contributed by atoms with Crippen molar-refractivity contribution < 1.29 is 14.6 Å². The summed E-state index contributed by atoms with van der Waals surface area (Å²) in [5.74, 6) is -0.492. The maximum Gasteiger partial charge on any atom is 0.356 e. The number of methoxy groups -OCH3 is 1. The van der Waals surface area contributed by atoms with E-state index in [1.54, 1.807) is 6.07 Å². The number of carbonyl (C=O) groups is 1. The van der Waals surface area contributed by atoms with Gasteiger partial charge >= 0.3 is 5.97 Å². The Hall–Kier alpha value is -1.46. The number of aliphatic hydroxyl groups is 1. The van der Waals surface area contributed by atoms with Crippen molar-refractivity contribution in [3.05, 3.63) is 29.6 Å². The van der Waals surface area contributed by atoms with Gasteiger partial charge in [0.05, 0.1) is 19.8 Å². The molecule has 76 valence electrons. The summed E-state index contributed by atoms with van der Waals surface area (Å²) < 4.78 is 4.48. The summed E-state index contributed by atoms with van der Waals surface area (Å²) in [5.41, 5.74) is 6.45. The zero-order valence-electron chi connectivity index (χ0n) is 7.80. The van der Waals surface area contributed by atoms with Gasteiger partial charge in [0.15, 0.2) is 0 Å². The van der Waals surface area contributed by atoms with Gasteiger partial charge in [0.25, 0.3) is 0 Å². The van der Waals surface area contributed by atoms with Crippen LogP contribution in [0.25, 0.3) is 0 Å². The van der Waals surface area contributed by atoms with Gasteiger partial charge in [-0.3, -0.25) is 0 Å². The fourth-order valence-corrected chi connectivity index (χ4v) is 0.955. The predicted molar refractivity (Wildman–Crippen MR) is 49.6 cm³/mol. The average molecular weight is 196 g/mol. The van der Waals surface area contributed by atoms with Crippen molar-refractivity contribution >= 4 is 5.97 Å². The maximum atomic E-state index is 11.0. The van der Waals surface area contributed by atoms with Gasteiger partial charge in [-0.25, -0.2) is 9.78 Å². The highest BCUT2D eigenvalue weighted by Gasteiger charge is 2.08. The molecule has 0 unspecified atom stereocenters. The summed E-state index contributed by atoms with van der Waals surface area (Å²) in [6.07, 6.45) is 1.45. The summed E-state index contributed by atoms with van der Waals surface area (Å²) >= 11 is 0. The number of nitrogens with zero attached hydrogens (tertiary/aromatic N) is 1. The van der Waals surface area contributed by atoms with Gasteiger partial charge in [-0.1, -0.05) is 6.07 Å². The van der Waals surface area contributed by atoms with Crippen LogP contribution in [-0.2, 0) is 4.74 Å². The average Bonchev–Trinajstić information content (AvgIpc) is 2.27. The fourth-order valence-electron chi connectivity index (χ4n) is 0.955. The Morgan fingerprint density at radius 2 is 2.43 bits per heavy atom. The smallest absolute Gasteiger partial charge is 0.356 e. The highest BCUT2D eigenvalue weighted by atomic mass is 16.5. The molecule has 0 aliphatic rings. The molecule has 0 spiro atoms. The van der Waals surface area contributed by atoms with Crippen molar-refractivity contribution in [1.82, 2.24) is 4.98 Å². The molecule has 1 aromatic rings. The lowest BCUT2D eigenvalue weighted by atomic mass is 10.1. The number of esters is 1. The number of carbonyl (C=O) groups excluding carboxylic acids is 1. The molecule has 1 rings (SSSR count). The first-order chi connectivity index (χ1) is 6.69. The van der Waals surface area contributed by atoms with E-state index in [4.69, 9.17) is 10.8 Å². The number of pyridine rings is 1. The zero-order chi connectivity index (χ0) is 10.6. The van der Waals surface area contributed by atoms with Crippen LogP contribution in [-0.4, -0.2) is 29.8 Å². The van der Waals surface area contributed by atoms with E-state index in [1.807, 2.05) is 0 Å². The molecule has 0 aliphatic carbocycles. The van der Waals surface area contributed by atoms with Crippen LogP contribution in [0.4, 0.5) is 0 Å². The van der Waals surface area contributed by atoms with Crippen molar-refractivity contribution in [1.29, 1.82) is 0 Å². The predicted octanol–water partition coefficient (Wildman–Crippen LogP) is -0.140. The number of rotatable bonds is 3. The summed E-state index contributed by atoms with van der Waals surface area (Å²) in [5, 5.41) is 8.77. The van der Waals surface area contributed by atoms with Gasteiger partial charge in [0.1, 0.15) is 5.69 Å². The van der Waals surface area contributed by atoms with Crippen LogP contribution < -0.4 is 5.73 Å². The van der Waals surface area contributed by atoms with E-state index in [2.05, 4.69) is 9.72 Å². The first kappa shape index (κ1) is 10.6. The summed E-state index contributed by atoms with van der Waals surface area (Å²) in [7, 11) is 1.29. The molecule has 0 radical (unpaired) electrons. The highest BCUT2D eigenvalue weighted by molar-refractivity contribution is 5.86. The van der Waals surface area contributed by atoms with Crippen LogP contribution in [0.5, 0.6) is 0 Å². The van der Waals surface area contributed by atoms with E-state index in [-0.39, 0.29) is 12.3 Å².